The van der Waals surface area contributed by atoms with Crippen molar-refractivity contribution in [3.8, 4) is 11.5 Å². The third-order valence-electron chi connectivity index (χ3n) is 6.55. The summed E-state index contributed by atoms with van der Waals surface area (Å²) in [5.41, 5.74) is 2.90. The third-order valence-corrected chi connectivity index (χ3v) is 8.36. The number of sulfonamides is 1. The van der Waals surface area contributed by atoms with E-state index in [2.05, 4.69) is 28.5 Å². The second-order valence-corrected chi connectivity index (χ2v) is 10.9. The Hall–Kier alpha value is -2.62. The maximum absolute atomic E-state index is 12.6. The molecule has 0 unspecified atom stereocenters. The molecule has 176 valence electrons. The molecule has 2 aliphatic rings. The number of fused-ring (bicyclic) bond motifs is 2. The maximum Gasteiger partial charge on any atom is 0.242 e. The lowest BCUT2D eigenvalue weighted by Crippen LogP contribution is -2.25. The molecule has 9 heteroatoms. The lowest BCUT2D eigenvalue weighted by atomic mass is 10.0. The van der Waals surface area contributed by atoms with Gasteiger partial charge >= 0.3 is 0 Å². The average molecular weight is 471 g/mol. The van der Waals surface area contributed by atoms with Crippen molar-refractivity contribution in [1.29, 1.82) is 0 Å². The zero-order chi connectivity index (χ0) is 23.2. The zero-order valence-electron chi connectivity index (χ0n) is 19.3. The van der Waals surface area contributed by atoms with Crippen molar-refractivity contribution in [3.05, 3.63) is 47.8 Å². The second-order valence-electron chi connectivity index (χ2n) is 8.74. The molecule has 2 aliphatic heterocycles. The van der Waals surface area contributed by atoms with Crippen LogP contribution in [0.4, 0.5) is 0 Å². The lowest BCUT2D eigenvalue weighted by molar-refractivity contribution is 0.170. The highest BCUT2D eigenvalue weighted by Gasteiger charge is 2.29. The molecule has 1 aromatic heterocycles. The van der Waals surface area contributed by atoms with Crippen LogP contribution in [0.15, 0.2) is 41.3 Å². The molecule has 0 spiro atoms. The van der Waals surface area contributed by atoms with Gasteiger partial charge in [0.05, 0.1) is 22.5 Å². The van der Waals surface area contributed by atoms with Crippen LogP contribution in [0.25, 0.3) is 11.0 Å². The molecular formula is C24H30N4O4S. The van der Waals surface area contributed by atoms with Crippen LogP contribution in [0.3, 0.4) is 0 Å². The number of benzene rings is 2. The zero-order valence-corrected chi connectivity index (χ0v) is 20.1. The van der Waals surface area contributed by atoms with E-state index in [1.807, 2.05) is 12.1 Å². The van der Waals surface area contributed by atoms with Crippen molar-refractivity contribution in [2.24, 2.45) is 0 Å². The fraction of sp³-hybridized carbons (Fsp3) is 0.458. The van der Waals surface area contributed by atoms with Crippen LogP contribution >= 0.6 is 0 Å². The highest BCUT2D eigenvalue weighted by atomic mass is 32.2. The maximum atomic E-state index is 12.6. The van der Waals surface area contributed by atoms with Gasteiger partial charge in [0.25, 0.3) is 0 Å². The van der Waals surface area contributed by atoms with E-state index < -0.39 is 10.0 Å². The molecule has 0 amide bonds. The summed E-state index contributed by atoms with van der Waals surface area (Å²) >= 11 is 0. The summed E-state index contributed by atoms with van der Waals surface area (Å²) in [7, 11) is -0.417. The molecule has 1 saturated heterocycles. The minimum absolute atomic E-state index is 0.266. The topological polar surface area (TPSA) is 76.9 Å². The van der Waals surface area contributed by atoms with Crippen LogP contribution in [-0.4, -0.2) is 61.0 Å². The van der Waals surface area contributed by atoms with Gasteiger partial charge in [0, 0.05) is 26.7 Å². The van der Waals surface area contributed by atoms with Crippen LogP contribution in [0.5, 0.6) is 11.5 Å². The first-order chi connectivity index (χ1) is 15.9. The van der Waals surface area contributed by atoms with E-state index in [0.29, 0.717) is 25.3 Å². The number of aromatic nitrogens is 2. The third kappa shape index (κ3) is 3.98. The number of nitrogens with zero attached hydrogens (tertiary/aromatic N) is 4. The van der Waals surface area contributed by atoms with Crippen molar-refractivity contribution < 1.29 is 17.9 Å². The molecule has 0 aliphatic carbocycles. The van der Waals surface area contributed by atoms with E-state index in [-0.39, 0.29) is 10.9 Å². The Balaban J connectivity index is 1.45. The Morgan fingerprint density at radius 2 is 1.88 bits per heavy atom. The molecule has 2 aromatic carbocycles. The molecule has 3 aromatic rings. The van der Waals surface area contributed by atoms with Gasteiger partial charge in [-0.3, -0.25) is 4.90 Å². The Kier molecular flexibility index (Phi) is 5.80. The predicted molar refractivity (Wildman–Crippen MR) is 126 cm³/mol. The fourth-order valence-electron chi connectivity index (χ4n) is 4.85. The summed E-state index contributed by atoms with van der Waals surface area (Å²) in [5.74, 6) is 2.59. The number of imidazole rings is 1. The first kappa shape index (κ1) is 22.2. The second kappa shape index (κ2) is 8.62. The normalized spacial score (nSPS) is 19.0. The van der Waals surface area contributed by atoms with Crippen molar-refractivity contribution >= 4 is 21.1 Å². The van der Waals surface area contributed by atoms with E-state index >= 15 is 0 Å². The van der Waals surface area contributed by atoms with Gasteiger partial charge in [0.1, 0.15) is 19.0 Å². The van der Waals surface area contributed by atoms with Gasteiger partial charge < -0.3 is 14.0 Å². The number of aryl methyl sites for hydroxylation is 1. The molecule has 0 saturated carbocycles. The van der Waals surface area contributed by atoms with Gasteiger partial charge in [-0.25, -0.2) is 17.7 Å². The van der Waals surface area contributed by atoms with Gasteiger partial charge in [-0.15, -0.1) is 0 Å². The van der Waals surface area contributed by atoms with Crippen LogP contribution < -0.4 is 9.47 Å². The van der Waals surface area contributed by atoms with Crippen LogP contribution in [-0.2, 0) is 23.1 Å². The molecule has 33 heavy (non-hydrogen) atoms. The van der Waals surface area contributed by atoms with Crippen molar-refractivity contribution in [2.75, 3.05) is 33.9 Å². The Bertz CT molecular complexity index is 1290. The van der Waals surface area contributed by atoms with Gasteiger partial charge in [0.15, 0.2) is 11.5 Å². The van der Waals surface area contributed by atoms with E-state index in [1.54, 1.807) is 26.2 Å². The van der Waals surface area contributed by atoms with Gasteiger partial charge in [-0.2, -0.15) is 0 Å². The summed E-state index contributed by atoms with van der Waals surface area (Å²) in [4.78, 5) is 7.59. The molecule has 0 radical (unpaired) electrons. The summed E-state index contributed by atoms with van der Waals surface area (Å²) < 4.78 is 40.0. The van der Waals surface area contributed by atoms with Crippen molar-refractivity contribution in [2.45, 2.75) is 43.8 Å². The fourth-order valence-corrected chi connectivity index (χ4v) is 5.77. The predicted octanol–water partition coefficient (Wildman–Crippen LogP) is 3.41. The van der Waals surface area contributed by atoms with E-state index in [4.69, 9.17) is 14.5 Å². The number of hydrogen-bond donors (Lipinski definition) is 0. The van der Waals surface area contributed by atoms with Gasteiger partial charge in [-0.05, 0) is 62.2 Å². The molecule has 0 N–H and O–H groups in total. The highest BCUT2D eigenvalue weighted by Crippen LogP contribution is 2.38. The molecule has 8 nitrogen and oxygen atoms in total. The number of rotatable bonds is 6. The Morgan fingerprint density at radius 1 is 1.09 bits per heavy atom. The molecule has 5 rings (SSSR count). The molecule has 3 heterocycles. The largest absolute Gasteiger partial charge is 0.486 e. The van der Waals surface area contributed by atoms with Crippen molar-refractivity contribution in [3.63, 3.8) is 0 Å². The standard InChI is InChI=1S/C24H30N4O4S/c1-4-28-21-9-8-18(33(29,30)26(2)3)15-19(21)25-24(28)16-27-11-5-6-20(27)17-7-10-22-23(14-17)32-13-12-31-22/h7-10,14-15,20H,4-6,11-13,16H2,1-3H3/t20-/m1/s1. The van der Waals surface area contributed by atoms with Crippen molar-refractivity contribution in [1.82, 2.24) is 18.8 Å². The Labute approximate surface area is 194 Å². The summed E-state index contributed by atoms with van der Waals surface area (Å²) in [6.45, 7) is 5.73. The molecule has 1 atom stereocenters. The van der Waals surface area contributed by atoms with E-state index in [9.17, 15) is 8.42 Å². The monoisotopic (exact) mass is 470 g/mol. The highest BCUT2D eigenvalue weighted by molar-refractivity contribution is 7.89. The SMILES string of the molecule is CCn1c(CN2CCC[C@@H]2c2ccc3c(c2)OCCO3)nc2cc(S(=O)(=O)N(C)C)ccc21. The molecule has 1 fully saturated rings. The van der Waals surface area contributed by atoms with Crippen LogP contribution in [0, 0.1) is 0 Å². The smallest absolute Gasteiger partial charge is 0.242 e. The summed E-state index contributed by atoms with van der Waals surface area (Å²) in [5, 5.41) is 0. The van der Waals surface area contributed by atoms with Gasteiger partial charge in [-0.1, -0.05) is 6.07 Å². The first-order valence-electron chi connectivity index (χ1n) is 11.4. The quantitative estimate of drug-likeness (QED) is 0.550. The van der Waals surface area contributed by atoms with Gasteiger partial charge in [0.2, 0.25) is 10.0 Å². The molecule has 0 bridgehead atoms. The molecular weight excluding hydrogens is 440 g/mol. The first-order valence-corrected chi connectivity index (χ1v) is 12.9. The number of ether oxygens (including phenoxy) is 2. The number of hydrogen-bond acceptors (Lipinski definition) is 6. The number of likely N-dealkylation sites (tertiary alicyclic amines) is 1. The summed E-state index contributed by atoms with van der Waals surface area (Å²) in [6.07, 6.45) is 2.20. The minimum Gasteiger partial charge on any atom is -0.486 e. The Morgan fingerprint density at radius 3 is 2.64 bits per heavy atom. The summed E-state index contributed by atoms with van der Waals surface area (Å²) in [6, 6.07) is 11.8. The van der Waals surface area contributed by atoms with E-state index in [1.165, 1.54) is 9.87 Å². The van der Waals surface area contributed by atoms with E-state index in [0.717, 1.165) is 48.8 Å². The lowest BCUT2D eigenvalue weighted by Gasteiger charge is -2.26. The average Bonchev–Trinajstić information content (AvgIpc) is 3.42. The van der Waals surface area contributed by atoms with Crippen LogP contribution in [0.1, 0.15) is 37.2 Å². The minimum atomic E-state index is -3.50. The van der Waals surface area contributed by atoms with Crippen LogP contribution in [0.2, 0.25) is 0 Å².